The molecular weight excluding hydrogens is 255 g/mol. The van der Waals surface area contributed by atoms with E-state index >= 15 is 0 Å². The Morgan fingerprint density at radius 2 is 2.05 bits per heavy atom. The van der Waals surface area contributed by atoms with Gasteiger partial charge in [-0.3, -0.25) is 4.79 Å². The van der Waals surface area contributed by atoms with E-state index in [1.165, 1.54) is 12.1 Å². The second-order valence-corrected chi connectivity index (χ2v) is 6.27. The molecule has 1 amide bonds. The third-order valence-electron chi connectivity index (χ3n) is 4.53. The van der Waals surface area contributed by atoms with Crippen molar-refractivity contribution in [3.05, 3.63) is 35.6 Å². The van der Waals surface area contributed by atoms with Crippen molar-refractivity contribution in [1.29, 1.82) is 0 Å². The molecule has 110 valence electrons. The largest absolute Gasteiger partial charge is 0.349 e. The number of carbonyl (C=O) groups excluding carboxylic acids is 1. The van der Waals surface area contributed by atoms with Crippen molar-refractivity contribution >= 4 is 5.91 Å². The van der Waals surface area contributed by atoms with Crippen molar-refractivity contribution in [2.75, 3.05) is 6.54 Å². The van der Waals surface area contributed by atoms with Crippen LogP contribution < -0.4 is 11.1 Å². The standard InChI is InChI=1S/C16H23FN2O/c1-10(2)16(3,9-18)19-15(20)14-8-13(14)11-4-6-12(17)7-5-11/h4-7,10,13-14H,8-9,18H2,1-3H3,(H,19,20). The van der Waals surface area contributed by atoms with E-state index in [-0.39, 0.29) is 35.0 Å². The normalized spacial score (nSPS) is 24.3. The van der Waals surface area contributed by atoms with E-state index in [0.29, 0.717) is 6.54 Å². The van der Waals surface area contributed by atoms with Gasteiger partial charge in [-0.1, -0.05) is 26.0 Å². The Kier molecular flexibility index (Phi) is 4.14. The first-order chi connectivity index (χ1) is 9.37. The summed E-state index contributed by atoms with van der Waals surface area (Å²) in [6, 6.07) is 6.41. The molecule has 1 aromatic rings. The van der Waals surface area contributed by atoms with Gasteiger partial charge in [0.1, 0.15) is 5.82 Å². The maximum Gasteiger partial charge on any atom is 0.224 e. The summed E-state index contributed by atoms with van der Waals surface area (Å²) in [7, 11) is 0. The van der Waals surface area contributed by atoms with Crippen LogP contribution in [0.4, 0.5) is 4.39 Å². The summed E-state index contributed by atoms with van der Waals surface area (Å²) in [5.74, 6) is 0.293. The Morgan fingerprint density at radius 1 is 1.45 bits per heavy atom. The summed E-state index contributed by atoms with van der Waals surface area (Å²) < 4.78 is 12.9. The van der Waals surface area contributed by atoms with E-state index in [9.17, 15) is 9.18 Å². The summed E-state index contributed by atoms with van der Waals surface area (Å²) >= 11 is 0. The minimum Gasteiger partial charge on any atom is -0.349 e. The lowest BCUT2D eigenvalue weighted by Crippen LogP contribution is -2.55. The van der Waals surface area contributed by atoms with Crippen molar-refractivity contribution in [2.24, 2.45) is 17.6 Å². The van der Waals surface area contributed by atoms with Crippen molar-refractivity contribution in [2.45, 2.75) is 38.6 Å². The fourth-order valence-corrected chi connectivity index (χ4v) is 2.37. The van der Waals surface area contributed by atoms with Crippen molar-refractivity contribution in [3.8, 4) is 0 Å². The van der Waals surface area contributed by atoms with Crippen LogP contribution in [0.1, 0.15) is 38.7 Å². The first-order valence-corrected chi connectivity index (χ1v) is 7.15. The zero-order valence-corrected chi connectivity index (χ0v) is 12.3. The highest BCUT2D eigenvalue weighted by atomic mass is 19.1. The molecule has 0 radical (unpaired) electrons. The monoisotopic (exact) mass is 278 g/mol. The molecule has 1 aromatic carbocycles. The number of carbonyl (C=O) groups is 1. The lowest BCUT2D eigenvalue weighted by Gasteiger charge is -2.33. The fraction of sp³-hybridized carbons (Fsp3) is 0.562. The summed E-state index contributed by atoms with van der Waals surface area (Å²) in [5, 5.41) is 3.08. The Labute approximate surface area is 119 Å². The molecule has 1 fully saturated rings. The molecule has 0 bridgehead atoms. The second kappa shape index (κ2) is 5.52. The highest BCUT2D eigenvalue weighted by Crippen LogP contribution is 2.47. The molecule has 1 aliphatic carbocycles. The van der Waals surface area contributed by atoms with E-state index in [0.717, 1.165) is 12.0 Å². The third-order valence-corrected chi connectivity index (χ3v) is 4.53. The Bertz CT molecular complexity index is 486. The number of rotatable bonds is 5. The summed E-state index contributed by atoms with van der Waals surface area (Å²) in [6.07, 6.45) is 0.830. The number of benzene rings is 1. The molecule has 0 heterocycles. The van der Waals surface area contributed by atoms with Gasteiger partial charge < -0.3 is 11.1 Å². The van der Waals surface area contributed by atoms with Gasteiger partial charge in [0.05, 0.1) is 5.54 Å². The van der Waals surface area contributed by atoms with Gasteiger partial charge >= 0.3 is 0 Å². The number of hydrogen-bond acceptors (Lipinski definition) is 2. The molecule has 0 saturated heterocycles. The number of nitrogens with two attached hydrogens (primary N) is 1. The van der Waals surface area contributed by atoms with Crippen molar-refractivity contribution < 1.29 is 9.18 Å². The maximum atomic E-state index is 12.9. The van der Waals surface area contributed by atoms with Crippen LogP contribution in [0.3, 0.4) is 0 Å². The first kappa shape index (κ1) is 15.0. The van der Waals surface area contributed by atoms with Crippen LogP contribution in [-0.2, 0) is 4.79 Å². The number of amides is 1. The zero-order valence-electron chi connectivity index (χ0n) is 12.3. The molecule has 0 aliphatic heterocycles. The number of hydrogen-bond donors (Lipinski definition) is 2. The minimum atomic E-state index is -0.368. The molecule has 1 aliphatic rings. The number of nitrogens with one attached hydrogen (secondary N) is 1. The van der Waals surface area contributed by atoms with Crippen LogP contribution in [0.25, 0.3) is 0 Å². The molecule has 3 nitrogen and oxygen atoms in total. The topological polar surface area (TPSA) is 55.1 Å². The van der Waals surface area contributed by atoms with Crippen LogP contribution >= 0.6 is 0 Å². The minimum absolute atomic E-state index is 0.00918. The number of halogens is 1. The Morgan fingerprint density at radius 3 is 2.55 bits per heavy atom. The molecule has 0 aromatic heterocycles. The zero-order chi connectivity index (χ0) is 14.9. The summed E-state index contributed by atoms with van der Waals surface area (Å²) in [5.41, 5.74) is 6.45. The molecule has 20 heavy (non-hydrogen) atoms. The van der Waals surface area contributed by atoms with Crippen LogP contribution in [-0.4, -0.2) is 18.0 Å². The molecule has 0 spiro atoms. The summed E-state index contributed by atoms with van der Waals surface area (Å²) in [6.45, 7) is 6.50. The van der Waals surface area contributed by atoms with Gasteiger partial charge in [0, 0.05) is 12.5 Å². The summed E-state index contributed by atoms with van der Waals surface area (Å²) in [4.78, 5) is 12.3. The second-order valence-electron chi connectivity index (χ2n) is 6.27. The van der Waals surface area contributed by atoms with Crippen LogP contribution in [0, 0.1) is 17.7 Å². The van der Waals surface area contributed by atoms with Gasteiger partial charge in [0.25, 0.3) is 0 Å². The van der Waals surface area contributed by atoms with E-state index < -0.39 is 0 Å². The van der Waals surface area contributed by atoms with E-state index in [2.05, 4.69) is 19.2 Å². The predicted molar refractivity (Wildman–Crippen MR) is 77.7 cm³/mol. The van der Waals surface area contributed by atoms with Gasteiger partial charge in [0.15, 0.2) is 0 Å². The molecular formula is C16H23FN2O. The molecule has 2 rings (SSSR count). The third kappa shape index (κ3) is 3.01. The molecule has 1 saturated carbocycles. The first-order valence-electron chi connectivity index (χ1n) is 7.15. The fourth-order valence-electron chi connectivity index (χ4n) is 2.37. The highest BCUT2D eigenvalue weighted by Gasteiger charge is 2.45. The van der Waals surface area contributed by atoms with Crippen molar-refractivity contribution in [3.63, 3.8) is 0 Å². The molecule has 3 unspecified atom stereocenters. The maximum absolute atomic E-state index is 12.9. The highest BCUT2D eigenvalue weighted by molar-refractivity contribution is 5.83. The van der Waals surface area contributed by atoms with Crippen LogP contribution in [0.5, 0.6) is 0 Å². The lowest BCUT2D eigenvalue weighted by atomic mass is 9.88. The molecule has 3 atom stereocenters. The van der Waals surface area contributed by atoms with E-state index in [4.69, 9.17) is 5.73 Å². The SMILES string of the molecule is CC(C)C(C)(CN)NC(=O)C1CC1c1ccc(F)cc1. The van der Waals surface area contributed by atoms with Gasteiger partial charge in [-0.15, -0.1) is 0 Å². The average molecular weight is 278 g/mol. The molecule has 3 N–H and O–H groups in total. The average Bonchev–Trinajstić information content (AvgIpc) is 3.19. The molecule has 4 heteroatoms. The van der Waals surface area contributed by atoms with Crippen molar-refractivity contribution in [1.82, 2.24) is 5.32 Å². The van der Waals surface area contributed by atoms with Crippen LogP contribution in [0.15, 0.2) is 24.3 Å². The Balaban J connectivity index is 1.98. The van der Waals surface area contributed by atoms with Gasteiger partial charge in [0.2, 0.25) is 5.91 Å². The predicted octanol–water partition coefficient (Wildman–Crippen LogP) is 2.42. The Hall–Kier alpha value is -1.42. The van der Waals surface area contributed by atoms with E-state index in [1.807, 2.05) is 6.92 Å². The lowest BCUT2D eigenvalue weighted by molar-refractivity contribution is -0.124. The van der Waals surface area contributed by atoms with Gasteiger partial charge in [-0.05, 0) is 42.9 Å². The van der Waals surface area contributed by atoms with E-state index in [1.54, 1.807) is 12.1 Å². The smallest absolute Gasteiger partial charge is 0.224 e. The van der Waals surface area contributed by atoms with Gasteiger partial charge in [-0.25, -0.2) is 4.39 Å². The van der Waals surface area contributed by atoms with Crippen LogP contribution in [0.2, 0.25) is 0 Å². The van der Waals surface area contributed by atoms with Gasteiger partial charge in [-0.2, -0.15) is 0 Å². The quantitative estimate of drug-likeness (QED) is 0.869.